The van der Waals surface area contributed by atoms with Crippen LogP contribution in [0, 0.1) is 13.8 Å². The Kier molecular flexibility index (Phi) is 4.76. The van der Waals surface area contributed by atoms with E-state index < -0.39 is 0 Å². The summed E-state index contributed by atoms with van der Waals surface area (Å²) < 4.78 is 0. The zero-order chi connectivity index (χ0) is 16.4. The van der Waals surface area contributed by atoms with Crippen molar-refractivity contribution >= 4 is 28.9 Å². The van der Waals surface area contributed by atoms with Gasteiger partial charge in [-0.15, -0.1) is 0 Å². The van der Waals surface area contributed by atoms with Gasteiger partial charge in [-0.25, -0.2) is 0 Å². The molecule has 2 fully saturated rings. The number of carbonyl (C=O) groups excluding carboxylic acids is 1. The first-order valence-electron chi connectivity index (χ1n) is 8.12. The van der Waals surface area contributed by atoms with Crippen molar-refractivity contribution in [2.75, 3.05) is 0 Å². The van der Waals surface area contributed by atoms with Crippen molar-refractivity contribution in [2.24, 2.45) is 4.99 Å². The third kappa shape index (κ3) is 3.78. The molecule has 5 heteroatoms. The van der Waals surface area contributed by atoms with Gasteiger partial charge in [0.25, 0.3) is 5.91 Å². The van der Waals surface area contributed by atoms with Crippen LogP contribution >= 0.6 is 11.8 Å². The molecule has 0 atom stereocenters. The number of phenolic OH excluding ortho intramolecular Hbond substituents is 1. The van der Waals surface area contributed by atoms with Gasteiger partial charge in [0.1, 0.15) is 5.75 Å². The van der Waals surface area contributed by atoms with Crippen molar-refractivity contribution in [1.82, 2.24) is 5.32 Å². The second-order valence-electron chi connectivity index (χ2n) is 6.29. The van der Waals surface area contributed by atoms with Gasteiger partial charge in [-0.05, 0) is 73.4 Å². The van der Waals surface area contributed by atoms with Crippen molar-refractivity contribution in [2.45, 2.75) is 52.0 Å². The first-order chi connectivity index (χ1) is 11.0. The van der Waals surface area contributed by atoms with Crippen molar-refractivity contribution in [3.63, 3.8) is 0 Å². The predicted molar refractivity (Wildman–Crippen MR) is 95.6 cm³/mol. The van der Waals surface area contributed by atoms with Crippen LogP contribution in [0.25, 0.3) is 6.08 Å². The second-order valence-corrected chi connectivity index (χ2v) is 7.32. The monoisotopic (exact) mass is 330 g/mol. The van der Waals surface area contributed by atoms with E-state index in [-0.39, 0.29) is 5.91 Å². The van der Waals surface area contributed by atoms with E-state index >= 15 is 0 Å². The number of amides is 1. The Balaban J connectivity index is 1.78. The number of hydrogen-bond donors (Lipinski definition) is 2. The molecule has 0 aromatic heterocycles. The van der Waals surface area contributed by atoms with E-state index in [4.69, 9.17) is 4.99 Å². The van der Waals surface area contributed by atoms with Gasteiger partial charge in [-0.3, -0.25) is 9.79 Å². The summed E-state index contributed by atoms with van der Waals surface area (Å²) in [4.78, 5) is 17.5. The summed E-state index contributed by atoms with van der Waals surface area (Å²) in [6.07, 6.45) is 7.86. The maximum absolute atomic E-state index is 12.1. The summed E-state index contributed by atoms with van der Waals surface area (Å²) in [5.41, 5.74) is 2.56. The van der Waals surface area contributed by atoms with E-state index in [1.807, 2.05) is 32.1 Å². The number of hydrogen-bond acceptors (Lipinski definition) is 4. The molecule has 1 aromatic rings. The van der Waals surface area contributed by atoms with Crippen LogP contribution in [-0.4, -0.2) is 22.2 Å². The summed E-state index contributed by atoms with van der Waals surface area (Å²) in [6, 6.07) is 4.13. The fourth-order valence-corrected chi connectivity index (χ4v) is 3.98. The Morgan fingerprint density at radius 2 is 1.87 bits per heavy atom. The summed E-state index contributed by atoms with van der Waals surface area (Å²) >= 11 is 1.41. The van der Waals surface area contributed by atoms with Crippen LogP contribution in [0.15, 0.2) is 22.0 Å². The Hall–Kier alpha value is -1.75. The number of aryl methyl sites for hydroxylation is 2. The molecule has 4 nitrogen and oxygen atoms in total. The molecule has 2 aliphatic rings. The number of rotatable bonds is 2. The first-order valence-corrected chi connectivity index (χ1v) is 8.93. The molecule has 1 saturated heterocycles. The predicted octanol–water partition coefficient (Wildman–Crippen LogP) is 3.90. The van der Waals surface area contributed by atoms with Crippen LogP contribution in [0.1, 0.15) is 48.8 Å². The highest BCUT2D eigenvalue weighted by Gasteiger charge is 2.25. The standard InChI is InChI=1S/C18H22N2O2S/c1-11-8-13(9-12(2)16(11)21)10-15-17(22)20-18(23-15)19-14-6-4-3-5-7-14/h8-10,14,21H,3-7H2,1-2H3,(H,19,20,22)/b15-10-. The highest BCUT2D eigenvalue weighted by molar-refractivity contribution is 8.18. The zero-order valence-corrected chi connectivity index (χ0v) is 14.4. The van der Waals surface area contributed by atoms with Crippen molar-refractivity contribution in [3.05, 3.63) is 33.7 Å². The van der Waals surface area contributed by atoms with Gasteiger partial charge in [0, 0.05) is 0 Å². The molecule has 1 aliphatic heterocycles. The molecule has 0 radical (unpaired) electrons. The molecule has 1 heterocycles. The molecule has 2 N–H and O–H groups in total. The van der Waals surface area contributed by atoms with Crippen LogP contribution in [-0.2, 0) is 4.79 Å². The number of amidine groups is 1. The lowest BCUT2D eigenvalue weighted by Crippen LogP contribution is -2.22. The van der Waals surface area contributed by atoms with Gasteiger partial charge < -0.3 is 10.4 Å². The molecule has 1 saturated carbocycles. The van der Waals surface area contributed by atoms with E-state index in [0.29, 0.717) is 16.7 Å². The summed E-state index contributed by atoms with van der Waals surface area (Å²) in [6.45, 7) is 3.73. The number of aliphatic imine (C=N–C) groups is 1. The molecule has 0 spiro atoms. The maximum Gasteiger partial charge on any atom is 0.264 e. The topological polar surface area (TPSA) is 61.7 Å². The van der Waals surface area contributed by atoms with Crippen molar-refractivity contribution in [3.8, 4) is 5.75 Å². The average Bonchev–Trinajstić information content (AvgIpc) is 2.85. The zero-order valence-electron chi connectivity index (χ0n) is 13.6. The minimum Gasteiger partial charge on any atom is -0.507 e. The lowest BCUT2D eigenvalue weighted by atomic mass is 9.96. The molecule has 122 valence electrons. The highest BCUT2D eigenvalue weighted by Crippen LogP contribution is 2.30. The van der Waals surface area contributed by atoms with Gasteiger partial charge in [0.05, 0.1) is 10.9 Å². The van der Waals surface area contributed by atoms with E-state index in [1.165, 1.54) is 31.0 Å². The maximum atomic E-state index is 12.1. The molecule has 0 unspecified atom stereocenters. The van der Waals surface area contributed by atoms with Crippen molar-refractivity contribution in [1.29, 1.82) is 0 Å². The lowest BCUT2D eigenvalue weighted by molar-refractivity contribution is -0.115. The molecule has 1 aromatic carbocycles. The van der Waals surface area contributed by atoms with E-state index in [9.17, 15) is 9.90 Å². The quantitative estimate of drug-likeness (QED) is 0.808. The number of aromatic hydroxyl groups is 1. The number of benzene rings is 1. The molecule has 23 heavy (non-hydrogen) atoms. The van der Waals surface area contributed by atoms with Gasteiger partial charge in [0.15, 0.2) is 5.17 Å². The number of thioether (sulfide) groups is 1. The summed E-state index contributed by atoms with van der Waals surface area (Å²) in [5, 5.41) is 13.4. The number of carbonyl (C=O) groups is 1. The third-order valence-corrected chi connectivity index (χ3v) is 5.26. The molecule has 3 rings (SSSR count). The number of nitrogens with zero attached hydrogens (tertiary/aromatic N) is 1. The van der Waals surface area contributed by atoms with Crippen LogP contribution in [0.5, 0.6) is 5.75 Å². The normalized spacial score (nSPS) is 22.8. The molecule has 1 aliphatic carbocycles. The van der Waals surface area contributed by atoms with Crippen LogP contribution < -0.4 is 5.32 Å². The van der Waals surface area contributed by atoms with E-state index in [2.05, 4.69) is 5.32 Å². The minimum atomic E-state index is -0.0899. The Labute approximate surface area is 141 Å². The van der Waals surface area contributed by atoms with Gasteiger partial charge in [-0.2, -0.15) is 0 Å². The van der Waals surface area contributed by atoms with Crippen molar-refractivity contribution < 1.29 is 9.90 Å². The van der Waals surface area contributed by atoms with E-state index in [1.54, 1.807) is 0 Å². The Bertz CT molecular complexity index is 665. The average molecular weight is 330 g/mol. The summed E-state index contributed by atoms with van der Waals surface area (Å²) in [5.74, 6) is 0.225. The smallest absolute Gasteiger partial charge is 0.264 e. The molecule has 1 amide bonds. The molecular weight excluding hydrogens is 308 g/mol. The lowest BCUT2D eigenvalue weighted by Gasteiger charge is -2.17. The minimum absolute atomic E-state index is 0.0899. The number of phenols is 1. The van der Waals surface area contributed by atoms with Crippen LogP contribution in [0.4, 0.5) is 0 Å². The molecular formula is C18H22N2O2S. The summed E-state index contributed by atoms with van der Waals surface area (Å²) in [7, 11) is 0. The fraction of sp³-hybridized carbons (Fsp3) is 0.444. The SMILES string of the molecule is Cc1cc(/C=C2\SC(=NC3CCCCC3)NC2=O)cc(C)c1O. The van der Waals surface area contributed by atoms with Gasteiger partial charge >= 0.3 is 0 Å². The highest BCUT2D eigenvalue weighted by atomic mass is 32.2. The van der Waals surface area contributed by atoms with E-state index in [0.717, 1.165) is 34.7 Å². The first kappa shape index (κ1) is 16.1. The Morgan fingerprint density at radius 1 is 1.22 bits per heavy atom. The molecule has 0 bridgehead atoms. The van der Waals surface area contributed by atoms with Gasteiger partial charge in [0.2, 0.25) is 0 Å². The van der Waals surface area contributed by atoms with Crippen LogP contribution in [0.3, 0.4) is 0 Å². The largest absolute Gasteiger partial charge is 0.507 e. The van der Waals surface area contributed by atoms with Crippen LogP contribution in [0.2, 0.25) is 0 Å². The fourth-order valence-electron chi connectivity index (χ4n) is 3.09. The van der Waals surface area contributed by atoms with Gasteiger partial charge in [-0.1, -0.05) is 19.3 Å². The second kappa shape index (κ2) is 6.79. The number of nitrogens with one attached hydrogen (secondary N) is 1. The Morgan fingerprint density at radius 3 is 2.52 bits per heavy atom. The third-order valence-electron chi connectivity index (χ3n) is 4.34.